The maximum atomic E-state index is 14.4. The first-order chi connectivity index (χ1) is 21.7. The standard InChI is InChI=1S/C35H38ClN3O5S/c1-3-23-37-35(41)33(24-27-11-7-5-8-12-27)38(25-28-13-9-6-10-14-28)34(40)26-39(30-17-19-31(20-18-30)44-4-2)45(42,43)32-21-15-29(36)16-22-32/h5-22,33H,3-4,23-26H2,1-2H3,(H,37,41)/t33-/m1/s1. The molecule has 0 aliphatic rings. The molecule has 0 aromatic heterocycles. The minimum absolute atomic E-state index is 0.0234. The summed E-state index contributed by atoms with van der Waals surface area (Å²) in [4.78, 5) is 29.6. The highest BCUT2D eigenvalue weighted by Crippen LogP contribution is 2.27. The summed E-state index contributed by atoms with van der Waals surface area (Å²) in [5.74, 6) is -0.270. The lowest BCUT2D eigenvalue weighted by Gasteiger charge is -2.34. The Kier molecular flexibility index (Phi) is 12.0. The van der Waals surface area contributed by atoms with Gasteiger partial charge in [-0.2, -0.15) is 0 Å². The zero-order valence-corrected chi connectivity index (χ0v) is 27.0. The second-order valence-electron chi connectivity index (χ2n) is 10.4. The number of nitrogens with zero attached hydrogens (tertiary/aromatic N) is 2. The molecule has 4 aromatic carbocycles. The Labute approximate surface area is 270 Å². The number of rotatable bonds is 15. The molecule has 0 aliphatic carbocycles. The predicted octanol–water partition coefficient (Wildman–Crippen LogP) is 6.10. The number of benzene rings is 4. The van der Waals surface area contributed by atoms with E-state index >= 15 is 0 Å². The molecular weight excluding hydrogens is 610 g/mol. The molecule has 0 heterocycles. The normalized spacial score (nSPS) is 11.8. The Morgan fingerprint density at radius 3 is 2.00 bits per heavy atom. The van der Waals surface area contributed by atoms with E-state index in [4.69, 9.17) is 16.3 Å². The number of hydrogen-bond acceptors (Lipinski definition) is 5. The highest BCUT2D eigenvalue weighted by molar-refractivity contribution is 7.92. The van der Waals surface area contributed by atoms with Crippen LogP contribution in [0.2, 0.25) is 5.02 Å². The van der Waals surface area contributed by atoms with Gasteiger partial charge >= 0.3 is 0 Å². The Morgan fingerprint density at radius 1 is 0.822 bits per heavy atom. The van der Waals surface area contributed by atoms with Gasteiger partial charge < -0.3 is 15.0 Å². The summed E-state index contributed by atoms with van der Waals surface area (Å²) < 4.78 is 34.8. The fourth-order valence-corrected chi connectivity index (χ4v) is 6.38. The molecule has 0 radical (unpaired) electrons. The number of sulfonamides is 1. The van der Waals surface area contributed by atoms with Crippen molar-refractivity contribution in [2.24, 2.45) is 0 Å². The van der Waals surface area contributed by atoms with E-state index in [1.165, 1.54) is 29.2 Å². The average molecular weight is 648 g/mol. The maximum absolute atomic E-state index is 14.4. The van der Waals surface area contributed by atoms with Crippen LogP contribution < -0.4 is 14.4 Å². The van der Waals surface area contributed by atoms with Gasteiger partial charge in [0.05, 0.1) is 17.2 Å². The van der Waals surface area contributed by atoms with Crippen molar-refractivity contribution in [3.8, 4) is 5.75 Å². The van der Waals surface area contributed by atoms with Crippen LogP contribution in [0.4, 0.5) is 5.69 Å². The monoisotopic (exact) mass is 647 g/mol. The molecule has 236 valence electrons. The van der Waals surface area contributed by atoms with E-state index in [-0.39, 0.29) is 29.5 Å². The van der Waals surface area contributed by atoms with Gasteiger partial charge in [0.2, 0.25) is 11.8 Å². The third-order valence-corrected chi connectivity index (χ3v) is 9.17. The van der Waals surface area contributed by atoms with Crippen LogP contribution >= 0.6 is 11.6 Å². The quantitative estimate of drug-likeness (QED) is 0.168. The first-order valence-corrected chi connectivity index (χ1v) is 16.7. The summed E-state index contributed by atoms with van der Waals surface area (Å²) in [7, 11) is -4.23. The molecule has 0 saturated carbocycles. The Hall–Kier alpha value is -4.34. The van der Waals surface area contributed by atoms with E-state index in [1.54, 1.807) is 24.3 Å². The van der Waals surface area contributed by atoms with E-state index in [0.29, 0.717) is 23.9 Å². The van der Waals surface area contributed by atoms with Crippen molar-refractivity contribution in [1.29, 1.82) is 0 Å². The molecule has 0 fully saturated rings. The lowest BCUT2D eigenvalue weighted by atomic mass is 10.0. The topological polar surface area (TPSA) is 96.0 Å². The maximum Gasteiger partial charge on any atom is 0.264 e. The van der Waals surface area contributed by atoms with Crippen molar-refractivity contribution in [1.82, 2.24) is 10.2 Å². The molecule has 1 atom stereocenters. The molecule has 45 heavy (non-hydrogen) atoms. The van der Waals surface area contributed by atoms with Crippen molar-refractivity contribution in [2.45, 2.75) is 44.2 Å². The Morgan fingerprint density at radius 2 is 1.42 bits per heavy atom. The summed E-state index contributed by atoms with van der Waals surface area (Å²) in [5, 5.41) is 3.33. The molecule has 0 saturated heterocycles. The SMILES string of the molecule is CCCNC(=O)[C@@H](Cc1ccccc1)N(Cc1ccccc1)C(=O)CN(c1ccc(OCC)cc1)S(=O)(=O)c1ccc(Cl)cc1. The molecule has 0 aliphatic heterocycles. The summed E-state index contributed by atoms with van der Waals surface area (Å²) in [5.41, 5.74) is 1.95. The van der Waals surface area contributed by atoms with E-state index in [0.717, 1.165) is 21.9 Å². The Bertz CT molecular complexity index is 1630. The van der Waals surface area contributed by atoms with Gasteiger partial charge in [-0.1, -0.05) is 79.2 Å². The third kappa shape index (κ3) is 9.09. The van der Waals surface area contributed by atoms with Gasteiger partial charge in [-0.3, -0.25) is 13.9 Å². The van der Waals surface area contributed by atoms with Gasteiger partial charge in [-0.25, -0.2) is 8.42 Å². The molecule has 0 unspecified atom stereocenters. The number of carbonyl (C=O) groups excluding carboxylic acids is 2. The van der Waals surface area contributed by atoms with E-state index in [9.17, 15) is 18.0 Å². The minimum atomic E-state index is -4.23. The second-order valence-corrected chi connectivity index (χ2v) is 12.7. The van der Waals surface area contributed by atoms with Crippen molar-refractivity contribution in [2.75, 3.05) is 24.0 Å². The summed E-state index contributed by atoms with van der Waals surface area (Å²) >= 11 is 6.05. The van der Waals surface area contributed by atoms with Crippen molar-refractivity contribution in [3.63, 3.8) is 0 Å². The lowest BCUT2D eigenvalue weighted by Crippen LogP contribution is -2.53. The van der Waals surface area contributed by atoms with Crippen molar-refractivity contribution < 1.29 is 22.7 Å². The van der Waals surface area contributed by atoms with Crippen molar-refractivity contribution in [3.05, 3.63) is 125 Å². The first-order valence-electron chi connectivity index (χ1n) is 14.9. The van der Waals surface area contributed by atoms with Crippen LogP contribution in [-0.4, -0.2) is 50.9 Å². The number of carbonyl (C=O) groups is 2. The fraction of sp³-hybridized carbons (Fsp3) is 0.257. The Balaban J connectivity index is 1.78. The van der Waals surface area contributed by atoms with Crippen LogP contribution in [0.25, 0.3) is 0 Å². The van der Waals surface area contributed by atoms with Crippen LogP contribution in [-0.2, 0) is 32.6 Å². The van der Waals surface area contributed by atoms with Crippen LogP contribution in [0.1, 0.15) is 31.4 Å². The first kappa shape index (κ1) is 33.6. The molecule has 1 N–H and O–H groups in total. The van der Waals surface area contributed by atoms with E-state index < -0.39 is 28.5 Å². The predicted molar refractivity (Wildman–Crippen MR) is 178 cm³/mol. The van der Waals surface area contributed by atoms with Gasteiger partial charge in [0.15, 0.2) is 0 Å². The van der Waals surface area contributed by atoms with Gasteiger partial charge in [0.25, 0.3) is 10.0 Å². The van der Waals surface area contributed by atoms with Crippen LogP contribution in [0.5, 0.6) is 5.75 Å². The molecule has 4 aromatic rings. The van der Waals surface area contributed by atoms with E-state index in [1.807, 2.05) is 74.5 Å². The van der Waals surface area contributed by atoms with Crippen molar-refractivity contribution >= 4 is 39.1 Å². The number of amides is 2. The molecule has 10 heteroatoms. The van der Waals surface area contributed by atoms with Crippen LogP contribution in [0.15, 0.2) is 114 Å². The van der Waals surface area contributed by atoms with Crippen LogP contribution in [0, 0.1) is 0 Å². The van der Waals surface area contributed by atoms with Crippen LogP contribution in [0.3, 0.4) is 0 Å². The zero-order valence-electron chi connectivity index (χ0n) is 25.4. The number of halogens is 1. The average Bonchev–Trinajstić information content (AvgIpc) is 3.05. The van der Waals surface area contributed by atoms with Gasteiger partial charge in [0.1, 0.15) is 18.3 Å². The second kappa shape index (κ2) is 16.1. The smallest absolute Gasteiger partial charge is 0.264 e. The van der Waals surface area contributed by atoms with E-state index in [2.05, 4.69) is 5.32 Å². The molecular formula is C35H38ClN3O5S. The largest absolute Gasteiger partial charge is 0.494 e. The molecule has 2 amide bonds. The summed E-state index contributed by atoms with van der Waals surface area (Å²) in [6.45, 7) is 4.26. The number of anilines is 1. The number of ether oxygens (including phenoxy) is 1. The summed E-state index contributed by atoms with van der Waals surface area (Å²) in [6.07, 6.45) is 0.975. The highest BCUT2D eigenvalue weighted by Gasteiger charge is 2.34. The fourth-order valence-electron chi connectivity index (χ4n) is 4.84. The minimum Gasteiger partial charge on any atom is -0.494 e. The number of hydrogen-bond donors (Lipinski definition) is 1. The highest BCUT2D eigenvalue weighted by atomic mass is 35.5. The molecule has 0 bridgehead atoms. The van der Waals surface area contributed by atoms with Gasteiger partial charge in [0, 0.05) is 24.5 Å². The molecule has 8 nitrogen and oxygen atoms in total. The number of nitrogens with one attached hydrogen (secondary N) is 1. The third-order valence-electron chi connectivity index (χ3n) is 7.13. The van der Waals surface area contributed by atoms with Gasteiger partial charge in [-0.05, 0) is 73.0 Å². The molecule has 0 spiro atoms. The summed E-state index contributed by atoms with van der Waals surface area (Å²) in [6, 6.07) is 30.2. The molecule has 4 rings (SSSR count). The zero-order chi connectivity index (χ0) is 32.2. The van der Waals surface area contributed by atoms with Gasteiger partial charge in [-0.15, -0.1) is 0 Å². The lowest BCUT2D eigenvalue weighted by molar-refractivity contribution is -0.140.